The summed E-state index contributed by atoms with van der Waals surface area (Å²) < 4.78 is 22.2. The molecule has 0 unspecified atom stereocenters. The highest BCUT2D eigenvalue weighted by atomic mass is 16.6. The van der Waals surface area contributed by atoms with Gasteiger partial charge in [0.15, 0.2) is 11.5 Å². The van der Waals surface area contributed by atoms with E-state index in [9.17, 15) is 9.59 Å². The molecule has 0 fully saturated rings. The zero-order valence-corrected chi connectivity index (χ0v) is 18.7. The van der Waals surface area contributed by atoms with E-state index in [-0.39, 0.29) is 11.5 Å². The van der Waals surface area contributed by atoms with Gasteiger partial charge in [-0.25, -0.2) is 9.59 Å². The smallest absolute Gasteiger partial charge is 0.412 e. The average Bonchev–Trinajstić information content (AvgIpc) is 2.76. The lowest BCUT2D eigenvalue weighted by molar-refractivity contribution is 0.196. The van der Waals surface area contributed by atoms with Gasteiger partial charge in [-0.15, -0.1) is 0 Å². The molecule has 0 aliphatic rings. The third-order valence-corrected chi connectivity index (χ3v) is 4.52. The molecule has 0 saturated carbocycles. The Kier molecular flexibility index (Phi) is 9.74. The maximum absolute atomic E-state index is 12.3. The van der Waals surface area contributed by atoms with Crippen molar-refractivity contribution in [2.45, 2.75) is 46.5 Å². The van der Waals surface area contributed by atoms with Crippen molar-refractivity contribution < 1.29 is 28.5 Å². The summed E-state index contributed by atoms with van der Waals surface area (Å²) in [4.78, 5) is 24.6. The third kappa shape index (κ3) is 6.94. The Morgan fingerprint density at radius 2 is 1.48 bits per heavy atom. The fourth-order valence-electron chi connectivity index (χ4n) is 2.90. The molecule has 0 spiro atoms. The topological polar surface area (TPSA) is 95.1 Å². The second-order valence-corrected chi connectivity index (χ2v) is 6.89. The number of hydrogen-bond acceptors (Lipinski definition) is 6. The number of methoxy groups -OCH3 is 1. The van der Waals surface area contributed by atoms with Gasteiger partial charge in [0, 0.05) is 29.9 Å². The maximum Gasteiger partial charge on any atom is 0.412 e. The normalized spacial score (nSPS) is 10.5. The molecule has 0 aromatic heterocycles. The maximum atomic E-state index is 12.3. The number of carbonyl (C=O) groups is 2. The van der Waals surface area contributed by atoms with Crippen molar-refractivity contribution >= 4 is 23.0 Å². The number of hydrogen-bond donors (Lipinski definition) is 2. The summed E-state index contributed by atoms with van der Waals surface area (Å²) >= 11 is 0. The van der Waals surface area contributed by atoms with Gasteiger partial charge in [-0.1, -0.05) is 26.7 Å². The second-order valence-electron chi connectivity index (χ2n) is 6.89. The van der Waals surface area contributed by atoms with E-state index in [0.717, 1.165) is 25.7 Å². The zero-order chi connectivity index (χ0) is 22.6. The van der Waals surface area contributed by atoms with Crippen LogP contribution in [0.15, 0.2) is 24.3 Å². The lowest BCUT2D eigenvalue weighted by Gasteiger charge is -2.17. The summed E-state index contributed by atoms with van der Waals surface area (Å²) in [5, 5.41) is 6.57. The molecular weight excluding hydrogens is 400 g/mol. The highest BCUT2D eigenvalue weighted by molar-refractivity contribution is 5.99. The first-order valence-corrected chi connectivity index (χ1v) is 10.7. The summed E-state index contributed by atoms with van der Waals surface area (Å²) in [7, 11) is 1.55. The molecule has 0 aliphatic heterocycles. The highest BCUT2D eigenvalue weighted by Crippen LogP contribution is 2.43. The first-order chi connectivity index (χ1) is 15.0. The van der Waals surface area contributed by atoms with E-state index in [4.69, 9.17) is 18.9 Å². The fourth-order valence-corrected chi connectivity index (χ4v) is 2.90. The minimum Gasteiger partial charge on any atom is -0.497 e. The average molecular weight is 433 g/mol. The Balaban J connectivity index is 2.44. The van der Waals surface area contributed by atoms with Crippen LogP contribution in [0.5, 0.6) is 23.0 Å². The van der Waals surface area contributed by atoms with Gasteiger partial charge in [-0.2, -0.15) is 0 Å². The van der Waals surface area contributed by atoms with Crippen molar-refractivity contribution in [3.63, 3.8) is 0 Å². The van der Waals surface area contributed by atoms with Crippen LogP contribution in [0, 0.1) is 0 Å². The Morgan fingerprint density at radius 3 is 2.06 bits per heavy atom. The summed E-state index contributed by atoms with van der Waals surface area (Å²) in [6, 6.07) is 6.76. The van der Waals surface area contributed by atoms with Crippen LogP contribution in [0.4, 0.5) is 9.59 Å². The zero-order valence-electron chi connectivity index (χ0n) is 18.7. The van der Waals surface area contributed by atoms with Gasteiger partial charge in [0.25, 0.3) is 0 Å². The first-order valence-electron chi connectivity index (χ1n) is 10.7. The summed E-state index contributed by atoms with van der Waals surface area (Å²) in [5.74, 6) is 1.42. The van der Waals surface area contributed by atoms with Gasteiger partial charge in [-0.05, 0) is 38.0 Å². The van der Waals surface area contributed by atoms with E-state index < -0.39 is 12.2 Å². The van der Waals surface area contributed by atoms with Gasteiger partial charge < -0.3 is 29.6 Å². The molecule has 8 nitrogen and oxygen atoms in total. The molecule has 2 aromatic carbocycles. The van der Waals surface area contributed by atoms with E-state index in [1.807, 2.05) is 20.8 Å². The monoisotopic (exact) mass is 432 g/mol. The Hall–Kier alpha value is -3.16. The number of unbranched alkanes of at least 4 members (excludes halogenated alkanes) is 2. The predicted molar refractivity (Wildman–Crippen MR) is 120 cm³/mol. The van der Waals surface area contributed by atoms with Crippen molar-refractivity contribution in [1.29, 1.82) is 0 Å². The van der Waals surface area contributed by atoms with E-state index in [0.29, 0.717) is 42.0 Å². The van der Waals surface area contributed by atoms with Crippen LogP contribution in [0.2, 0.25) is 0 Å². The van der Waals surface area contributed by atoms with E-state index >= 15 is 0 Å². The quantitative estimate of drug-likeness (QED) is 0.484. The molecule has 0 bridgehead atoms. The molecular formula is C23H32N2O6. The Morgan fingerprint density at radius 1 is 0.839 bits per heavy atom. The van der Waals surface area contributed by atoms with Crippen LogP contribution in [-0.4, -0.2) is 39.0 Å². The van der Waals surface area contributed by atoms with Gasteiger partial charge in [0.2, 0.25) is 0 Å². The highest BCUT2D eigenvalue weighted by Gasteiger charge is 2.20. The predicted octanol–water partition coefficient (Wildman–Crippen LogP) is 5.02. The van der Waals surface area contributed by atoms with Crippen molar-refractivity contribution in [1.82, 2.24) is 10.6 Å². The standard InChI is InChI=1S/C23H32N2O6/c1-5-8-12-24-22(26)30-19-15-20(29-7-3)21(31-23(27)25-13-9-6-2)17-11-10-16(28-4)14-18(17)19/h10-11,14-15H,5-9,12-13H2,1-4H3,(H,24,26)(H,25,27). The molecule has 0 heterocycles. The Labute approximate surface area is 183 Å². The number of fused-ring (bicyclic) bond motifs is 1. The fraction of sp³-hybridized carbons (Fsp3) is 0.478. The first kappa shape index (κ1) is 24.1. The van der Waals surface area contributed by atoms with Crippen molar-refractivity contribution in [3.05, 3.63) is 24.3 Å². The number of rotatable bonds is 11. The molecule has 0 atom stereocenters. The van der Waals surface area contributed by atoms with Gasteiger partial charge in [-0.3, -0.25) is 0 Å². The molecule has 0 radical (unpaired) electrons. The van der Waals surface area contributed by atoms with Crippen molar-refractivity contribution in [2.75, 3.05) is 26.8 Å². The minimum atomic E-state index is -0.572. The van der Waals surface area contributed by atoms with Crippen molar-refractivity contribution in [2.24, 2.45) is 0 Å². The number of carbonyl (C=O) groups excluding carboxylic acids is 2. The summed E-state index contributed by atoms with van der Waals surface area (Å²) in [5.41, 5.74) is 0. The van der Waals surface area contributed by atoms with Crippen LogP contribution in [0.25, 0.3) is 10.8 Å². The van der Waals surface area contributed by atoms with E-state index in [2.05, 4.69) is 10.6 Å². The number of ether oxygens (including phenoxy) is 4. The SMILES string of the molecule is CCCCNC(=O)Oc1cc(OCC)c(OC(=O)NCCCC)c2ccc(OC)cc12. The van der Waals surface area contributed by atoms with E-state index in [1.54, 1.807) is 31.4 Å². The van der Waals surface area contributed by atoms with Gasteiger partial charge in [0.05, 0.1) is 13.7 Å². The minimum absolute atomic E-state index is 0.257. The number of amides is 2. The molecule has 2 N–H and O–H groups in total. The molecule has 170 valence electrons. The lowest BCUT2D eigenvalue weighted by atomic mass is 10.1. The van der Waals surface area contributed by atoms with Gasteiger partial charge in [0.1, 0.15) is 11.5 Å². The number of benzene rings is 2. The van der Waals surface area contributed by atoms with Crippen LogP contribution >= 0.6 is 0 Å². The van der Waals surface area contributed by atoms with Crippen molar-refractivity contribution in [3.8, 4) is 23.0 Å². The molecule has 2 amide bonds. The number of nitrogens with one attached hydrogen (secondary N) is 2. The molecule has 31 heavy (non-hydrogen) atoms. The van der Waals surface area contributed by atoms with Gasteiger partial charge >= 0.3 is 12.2 Å². The summed E-state index contributed by atoms with van der Waals surface area (Å²) in [6.07, 6.45) is 2.49. The largest absolute Gasteiger partial charge is 0.497 e. The van der Waals surface area contributed by atoms with Crippen LogP contribution < -0.4 is 29.6 Å². The van der Waals surface area contributed by atoms with Crippen LogP contribution in [0.3, 0.4) is 0 Å². The molecule has 0 aliphatic carbocycles. The van der Waals surface area contributed by atoms with E-state index in [1.165, 1.54) is 0 Å². The van der Waals surface area contributed by atoms with Crippen LogP contribution in [-0.2, 0) is 0 Å². The lowest BCUT2D eigenvalue weighted by Crippen LogP contribution is -2.28. The molecule has 0 saturated heterocycles. The Bertz CT molecular complexity index is 884. The molecule has 2 aromatic rings. The molecule has 2 rings (SSSR count). The second kappa shape index (κ2) is 12.5. The van der Waals surface area contributed by atoms with Crippen LogP contribution in [0.1, 0.15) is 46.5 Å². The molecule has 8 heteroatoms. The summed E-state index contributed by atoms with van der Waals surface area (Å²) in [6.45, 7) is 7.29. The third-order valence-electron chi connectivity index (χ3n) is 4.52.